The lowest BCUT2D eigenvalue weighted by Gasteiger charge is -2.18. The van der Waals surface area contributed by atoms with Gasteiger partial charge >= 0.3 is 0 Å². The Morgan fingerprint density at radius 1 is 0.917 bits per heavy atom. The van der Waals surface area contributed by atoms with Gasteiger partial charge < -0.3 is 0 Å². The summed E-state index contributed by atoms with van der Waals surface area (Å²) in [5.41, 5.74) is 2.99. The third-order valence-electron chi connectivity index (χ3n) is 2.75. The van der Waals surface area contributed by atoms with E-state index >= 15 is 0 Å². The molecule has 0 fully saturated rings. The van der Waals surface area contributed by atoms with Crippen molar-refractivity contribution in [1.82, 2.24) is 0 Å². The van der Waals surface area contributed by atoms with Crippen LogP contribution in [0.5, 0.6) is 0 Å². The SMILES string of the molecule is CC1=CC=C(C)C1C1C=CC=C1. The highest BCUT2D eigenvalue weighted by Gasteiger charge is 2.23. The molecule has 0 aromatic rings. The van der Waals surface area contributed by atoms with Crippen LogP contribution in [0.1, 0.15) is 13.8 Å². The van der Waals surface area contributed by atoms with Gasteiger partial charge in [0.15, 0.2) is 0 Å². The van der Waals surface area contributed by atoms with Crippen LogP contribution >= 0.6 is 0 Å². The summed E-state index contributed by atoms with van der Waals surface area (Å²) in [7, 11) is 0. The Morgan fingerprint density at radius 2 is 1.42 bits per heavy atom. The molecule has 0 saturated carbocycles. The van der Waals surface area contributed by atoms with E-state index in [-0.39, 0.29) is 0 Å². The van der Waals surface area contributed by atoms with E-state index in [9.17, 15) is 0 Å². The van der Waals surface area contributed by atoms with Crippen LogP contribution in [0.3, 0.4) is 0 Å². The molecule has 0 aliphatic heterocycles. The normalized spacial score (nSPS) is 23.5. The molecule has 0 heteroatoms. The molecule has 0 heterocycles. The van der Waals surface area contributed by atoms with E-state index in [4.69, 9.17) is 0 Å². The van der Waals surface area contributed by atoms with Gasteiger partial charge in [-0.2, -0.15) is 0 Å². The van der Waals surface area contributed by atoms with E-state index in [1.165, 1.54) is 11.1 Å². The number of hydrogen-bond acceptors (Lipinski definition) is 0. The fourth-order valence-corrected chi connectivity index (χ4v) is 2.11. The van der Waals surface area contributed by atoms with Crippen molar-refractivity contribution in [3.63, 3.8) is 0 Å². The number of hydrogen-bond donors (Lipinski definition) is 0. The fourth-order valence-electron chi connectivity index (χ4n) is 2.11. The summed E-state index contributed by atoms with van der Waals surface area (Å²) in [5.74, 6) is 1.25. The van der Waals surface area contributed by atoms with Crippen LogP contribution in [0, 0.1) is 11.8 Å². The minimum Gasteiger partial charge on any atom is -0.0767 e. The standard InChI is InChI=1S/C12H14/c1-9-7-8-10(2)12(9)11-5-3-4-6-11/h3-8,11-12H,1-2H3. The van der Waals surface area contributed by atoms with Crippen molar-refractivity contribution >= 4 is 0 Å². The number of allylic oxidation sites excluding steroid dienone is 8. The highest BCUT2D eigenvalue weighted by atomic mass is 14.3. The van der Waals surface area contributed by atoms with Crippen molar-refractivity contribution in [3.8, 4) is 0 Å². The van der Waals surface area contributed by atoms with Gasteiger partial charge in [0.25, 0.3) is 0 Å². The summed E-state index contributed by atoms with van der Waals surface area (Å²) in [6, 6.07) is 0. The van der Waals surface area contributed by atoms with E-state index in [2.05, 4.69) is 50.3 Å². The van der Waals surface area contributed by atoms with Crippen molar-refractivity contribution < 1.29 is 0 Å². The molecule has 62 valence electrons. The zero-order valence-electron chi connectivity index (χ0n) is 7.62. The Balaban J connectivity index is 2.23. The molecule has 0 nitrogen and oxygen atoms in total. The summed E-state index contributed by atoms with van der Waals surface area (Å²) >= 11 is 0. The third-order valence-corrected chi connectivity index (χ3v) is 2.75. The summed E-state index contributed by atoms with van der Waals surface area (Å²) in [6.45, 7) is 4.44. The van der Waals surface area contributed by atoms with Gasteiger partial charge in [-0.1, -0.05) is 47.6 Å². The number of rotatable bonds is 1. The van der Waals surface area contributed by atoms with Crippen molar-refractivity contribution in [3.05, 3.63) is 47.6 Å². The minimum atomic E-state index is 0.611. The third kappa shape index (κ3) is 1.08. The van der Waals surface area contributed by atoms with Gasteiger partial charge in [-0.15, -0.1) is 0 Å². The molecule has 0 aromatic carbocycles. The molecule has 2 aliphatic carbocycles. The predicted molar refractivity (Wildman–Crippen MR) is 52.8 cm³/mol. The van der Waals surface area contributed by atoms with E-state index in [1.54, 1.807) is 0 Å². The molecule has 0 N–H and O–H groups in total. The molecular formula is C12H14. The van der Waals surface area contributed by atoms with Crippen LogP contribution in [0.15, 0.2) is 47.6 Å². The van der Waals surface area contributed by atoms with Crippen LogP contribution in [-0.2, 0) is 0 Å². The Morgan fingerprint density at radius 3 is 1.92 bits per heavy atom. The van der Waals surface area contributed by atoms with Gasteiger partial charge in [-0.05, 0) is 13.8 Å². The second-order valence-electron chi connectivity index (χ2n) is 3.65. The van der Waals surface area contributed by atoms with Gasteiger partial charge in [0.1, 0.15) is 0 Å². The zero-order chi connectivity index (χ0) is 8.55. The van der Waals surface area contributed by atoms with E-state index < -0.39 is 0 Å². The average molecular weight is 158 g/mol. The Labute approximate surface area is 74.0 Å². The first-order valence-electron chi connectivity index (χ1n) is 4.49. The summed E-state index contributed by atoms with van der Waals surface area (Å²) in [6.07, 6.45) is 13.3. The average Bonchev–Trinajstić information content (AvgIpc) is 2.61. The smallest absolute Gasteiger partial charge is 0.0105 e. The molecule has 0 spiro atoms. The summed E-state index contributed by atoms with van der Waals surface area (Å²) < 4.78 is 0. The zero-order valence-corrected chi connectivity index (χ0v) is 7.62. The lowest BCUT2D eigenvalue weighted by atomic mass is 9.85. The molecule has 0 amide bonds. The van der Waals surface area contributed by atoms with Crippen LogP contribution in [0.4, 0.5) is 0 Å². The van der Waals surface area contributed by atoms with E-state index in [1.807, 2.05) is 0 Å². The van der Waals surface area contributed by atoms with Gasteiger partial charge in [0, 0.05) is 11.8 Å². The molecule has 0 aromatic heterocycles. The van der Waals surface area contributed by atoms with Crippen molar-refractivity contribution in [2.75, 3.05) is 0 Å². The lowest BCUT2D eigenvalue weighted by Crippen LogP contribution is -2.09. The van der Waals surface area contributed by atoms with E-state index in [0.717, 1.165) is 0 Å². The lowest BCUT2D eigenvalue weighted by molar-refractivity contribution is 0.621. The second kappa shape index (κ2) is 2.78. The highest BCUT2D eigenvalue weighted by Crippen LogP contribution is 2.35. The minimum absolute atomic E-state index is 0.611. The summed E-state index contributed by atoms with van der Waals surface area (Å²) in [4.78, 5) is 0. The molecule has 2 aliphatic rings. The fraction of sp³-hybridized carbons (Fsp3) is 0.333. The highest BCUT2D eigenvalue weighted by molar-refractivity contribution is 5.37. The van der Waals surface area contributed by atoms with Gasteiger partial charge in [0.05, 0.1) is 0 Å². The molecule has 12 heavy (non-hydrogen) atoms. The maximum absolute atomic E-state index is 2.28. The quantitative estimate of drug-likeness (QED) is 0.549. The molecular weight excluding hydrogens is 144 g/mol. The second-order valence-corrected chi connectivity index (χ2v) is 3.65. The van der Waals surface area contributed by atoms with Gasteiger partial charge in [-0.3, -0.25) is 0 Å². The van der Waals surface area contributed by atoms with Crippen LogP contribution < -0.4 is 0 Å². The Kier molecular flexibility index (Phi) is 1.76. The topological polar surface area (TPSA) is 0 Å². The van der Waals surface area contributed by atoms with Crippen LogP contribution in [0.25, 0.3) is 0 Å². The molecule has 0 radical (unpaired) electrons. The van der Waals surface area contributed by atoms with Crippen molar-refractivity contribution in [2.24, 2.45) is 11.8 Å². The summed E-state index contributed by atoms with van der Waals surface area (Å²) in [5, 5.41) is 0. The van der Waals surface area contributed by atoms with Crippen LogP contribution in [-0.4, -0.2) is 0 Å². The Hall–Kier alpha value is -1.04. The molecule has 2 rings (SSSR count). The maximum Gasteiger partial charge on any atom is 0.0105 e. The molecule has 0 atom stereocenters. The first-order valence-corrected chi connectivity index (χ1v) is 4.49. The van der Waals surface area contributed by atoms with Crippen LogP contribution in [0.2, 0.25) is 0 Å². The predicted octanol–water partition coefficient (Wildman–Crippen LogP) is 3.25. The molecule has 0 saturated heterocycles. The maximum atomic E-state index is 2.28. The van der Waals surface area contributed by atoms with Crippen molar-refractivity contribution in [1.29, 1.82) is 0 Å². The van der Waals surface area contributed by atoms with Gasteiger partial charge in [-0.25, -0.2) is 0 Å². The van der Waals surface area contributed by atoms with E-state index in [0.29, 0.717) is 11.8 Å². The molecule has 0 unspecified atom stereocenters. The van der Waals surface area contributed by atoms with Gasteiger partial charge in [0.2, 0.25) is 0 Å². The largest absolute Gasteiger partial charge is 0.0767 e. The molecule has 0 bridgehead atoms. The first-order chi connectivity index (χ1) is 5.79. The Bertz CT molecular complexity index is 270. The first kappa shape index (κ1) is 7.60. The van der Waals surface area contributed by atoms with Crippen molar-refractivity contribution in [2.45, 2.75) is 13.8 Å². The monoisotopic (exact) mass is 158 g/mol.